The summed E-state index contributed by atoms with van der Waals surface area (Å²) in [5.41, 5.74) is 7.28. The van der Waals surface area contributed by atoms with Crippen molar-refractivity contribution in [1.29, 1.82) is 0 Å². The molecule has 2 heterocycles. The third-order valence-electron chi connectivity index (χ3n) is 4.63. The Balaban J connectivity index is 1.80. The van der Waals surface area contributed by atoms with Gasteiger partial charge in [0, 0.05) is 18.0 Å². The molecule has 1 aliphatic rings. The van der Waals surface area contributed by atoms with E-state index in [0.717, 1.165) is 38.3 Å². The van der Waals surface area contributed by atoms with Crippen LogP contribution in [0.3, 0.4) is 0 Å². The van der Waals surface area contributed by atoms with Crippen LogP contribution in [0.25, 0.3) is 0 Å². The number of hydrogen-bond donors (Lipinski definition) is 2. The second-order valence-corrected chi connectivity index (χ2v) is 6.13. The van der Waals surface area contributed by atoms with E-state index in [1.807, 2.05) is 0 Å². The molecule has 22 heavy (non-hydrogen) atoms. The van der Waals surface area contributed by atoms with Crippen LogP contribution in [0.2, 0.25) is 0 Å². The summed E-state index contributed by atoms with van der Waals surface area (Å²) in [6.45, 7) is 3.09. The number of hydrogen-bond acceptors (Lipinski definition) is 5. The number of nitrogen functional groups attached to an aromatic ring is 1. The van der Waals surface area contributed by atoms with Crippen LogP contribution in [0.4, 0.5) is 11.6 Å². The van der Waals surface area contributed by atoms with Gasteiger partial charge in [-0.2, -0.15) is 0 Å². The Morgan fingerprint density at radius 3 is 2.59 bits per heavy atom. The van der Waals surface area contributed by atoms with Crippen LogP contribution in [0, 0.1) is 0 Å². The maximum absolute atomic E-state index is 5.73. The molecular weight excluding hydrogens is 274 g/mol. The van der Waals surface area contributed by atoms with E-state index in [2.05, 4.69) is 57.6 Å². The number of benzene rings is 1. The maximum atomic E-state index is 5.73. The average Bonchev–Trinajstić information content (AvgIpc) is 2.56. The number of nitrogens with one attached hydrogen (secondary N) is 1. The first kappa shape index (κ1) is 14.8. The van der Waals surface area contributed by atoms with E-state index in [9.17, 15) is 0 Å². The fraction of sp³-hybridized carbons (Fsp3) is 0.412. The summed E-state index contributed by atoms with van der Waals surface area (Å²) in [5, 5.41) is 3.46. The lowest BCUT2D eigenvalue weighted by Crippen LogP contribution is -2.45. The van der Waals surface area contributed by atoms with Crippen molar-refractivity contribution in [2.45, 2.75) is 18.3 Å². The van der Waals surface area contributed by atoms with Crippen LogP contribution in [0.5, 0.6) is 0 Å². The summed E-state index contributed by atoms with van der Waals surface area (Å²) in [7, 11) is 2.19. The van der Waals surface area contributed by atoms with Crippen LogP contribution in [0.15, 0.2) is 42.7 Å². The highest BCUT2D eigenvalue weighted by atomic mass is 15.1. The number of piperidine rings is 1. The minimum Gasteiger partial charge on any atom is -0.384 e. The molecule has 0 aliphatic carbocycles. The Kier molecular flexibility index (Phi) is 4.24. The van der Waals surface area contributed by atoms with Gasteiger partial charge < -0.3 is 16.0 Å². The van der Waals surface area contributed by atoms with Crippen LogP contribution in [-0.2, 0) is 5.41 Å². The van der Waals surface area contributed by atoms with Gasteiger partial charge in [0.25, 0.3) is 0 Å². The number of likely N-dealkylation sites (tertiary alicyclic amines) is 1. The Bertz CT molecular complexity index is 605. The summed E-state index contributed by atoms with van der Waals surface area (Å²) in [4.78, 5) is 10.6. The average molecular weight is 297 g/mol. The molecule has 0 unspecified atom stereocenters. The molecule has 3 N–H and O–H groups in total. The molecule has 0 spiro atoms. The van der Waals surface area contributed by atoms with Gasteiger partial charge in [0.1, 0.15) is 18.0 Å². The molecule has 2 aromatic rings. The lowest BCUT2D eigenvalue weighted by atomic mass is 9.72. The summed E-state index contributed by atoms with van der Waals surface area (Å²) in [6, 6.07) is 12.6. The molecule has 0 bridgehead atoms. The van der Waals surface area contributed by atoms with Crippen molar-refractivity contribution in [1.82, 2.24) is 14.9 Å². The molecule has 0 amide bonds. The Labute approximate surface area is 131 Å². The van der Waals surface area contributed by atoms with Gasteiger partial charge in [0.2, 0.25) is 0 Å². The molecule has 116 valence electrons. The van der Waals surface area contributed by atoms with E-state index >= 15 is 0 Å². The predicted molar refractivity (Wildman–Crippen MR) is 89.8 cm³/mol. The van der Waals surface area contributed by atoms with E-state index < -0.39 is 0 Å². The highest BCUT2D eigenvalue weighted by Gasteiger charge is 2.35. The highest BCUT2D eigenvalue weighted by Crippen LogP contribution is 2.35. The molecular formula is C17H23N5. The summed E-state index contributed by atoms with van der Waals surface area (Å²) < 4.78 is 0. The number of anilines is 2. The lowest BCUT2D eigenvalue weighted by Gasteiger charge is -2.41. The lowest BCUT2D eigenvalue weighted by molar-refractivity contribution is 0.195. The second-order valence-electron chi connectivity index (χ2n) is 6.13. The number of rotatable bonds is 4. The summed E-state index contributed by atoms with van der Waals surface area (Å²) in [5.74, 6) is 1.29. The van der Waals surface area contributed by atoms with Crippen molar-refractivity contribution in [3.05, 3.63) is 48.3 Å². The van der Waals surface area contributed by atoms with Gasteiger partial charge in [-0.1, -0.05) is 30.3 Å². The van der Waals surface area contributed by atoms with Crippen molar-refractivity contribution < 1.29 is 0 Å². The first-order valence-corrected chi connectivity index (χ1v) is 7.73. The molecule has 5 heteroatoms. The summed E-state index contributed by atoms with van der Waals surface area (Å²) in [6.07, 6.45) is 3.78. The monoisotopic (exact) mass is 297 g/mol. The maximum Gasteiger partial charge on any atom is 0.131 e. The van der Waals surface area contributed by atoms with Crippen LogP contribution >= 0.6 is 0 Å². The number of nitrogens with two attached hydrogens (primary N) is 1. The van der Waals surface area contributed by atoms with Gasteiger partial charge in [-0.3, -0.25) is 0 Å². The normalized spacial score (nSPS) is 18.0. The van der Waals surface area contributed by atoms with Crippen molar-refractivity contribution in [3.63, 3.8) is 0 Å². The second kappa shape index (κ2) is 6.32. The molecule has 1 aromatic carbocycles. The van der Waals surface area contributed by atoms with E-state index in [1.54, 1.807) is 6.07 Å². The molecule has 1 saturated heterocycles. The minimum atomic E-state index is 0.146. The van der Waals surface area contributed by atoms with Crippen LogP contribution in [-0.4, -0.2) is 41.5 Å². The van der Waals surface area contributed by atoms with Gasteiger partial charge >= 0.3 is 0 Å². The highest BCUT2D eigenvalue weighted by molar-refractivity contribution is 5.44. The van der Waals surface area contributed by atoms with Gasteiger partial charge in [-0.15, -0.1) is 0 Å². The minimum absolute atomic E-state index is 0.146. The quantitative estimate of drug-likeness (QED) is 0.905. The van der Waals surface area contributed by atoms with Gasteiger partial charge in [0.15, 0.2) is 0 Å². The van der Waals surface area contributed by atoms with E-state index in [1.165, 1.54) is 11.9 Å². The van der Waals surface area contributed by atoms with Gasteiger partial charge in [0.05, 0.1) is 0 Å². The van der Waals surface area contributed by atoms with E-state index in [-0.39, 0.29) is 5.41 Å². The van der Waals surface area contributed by atoms with Crippen molar-refractivity contribution >= 4 is 11.6 Å². The molecule has 0 radical (unpaired) electrons. The molecule has 1 aliphatic heterocycles. The largest absolute Gasteiger partial charge is 0.384 e. The van der Waals surface area contributed by atoms with Crippen molar-refractivity contribution in [2.75, 3.05) is 37.7 Å². The zero-order valence-corrected chi connectivity index (χ0v) is 13.0. The van der Waals surface area contributed by atoms with E-state index in [0.29, 0.717) is 5.82 Å². The molecule has 1 aromatic heterocycles. The smallest absolute Gasteiger partial charge is 0.131 e. The Hall–Kier alpha value is -2.14. The van der Waals surface area contributed by atoms with Gasteiger partial charge in [-0.25, -0.2) is 9.97 Å². The predicted octanol–water partition coefficient (Wildman–Crippen LogP) is 2.13. The van der Waals surface area contributed by atoms with Crippen molar-refractivity contribution in [2.24, 2.45) is 0 Å². The number of aromatic nitrogens is 2. The third-order valence-corrected chi connectivity index (χ3v) is 4.63. The molecule has 3 rings (SSSR count). The SMILES string of the molecule is CN1CCC(CNc2cc(N)ncn2)(c2ccccc2)CC1. The molecule has 1 fully saturated rings. The first-order valence-electron chi connectivity index (χ1n) is 7.73. The van der Waals surface area contributed by atoms with Crippen molar-refractivity contribution in [3.8, 4) is 0 Å². The Morgan fingerprint density at radius 2 is 1.91 bits per heavy atom. The molecule has 0 saturated carbocycles. The summed E-state index contributed by atoms with van der Waals surface area (Å²) >= 11 is 0. The zero-order valence-electron chi connectivity index (χ0n) is 13.0. The zero-order chi connectivity index (χ0) is 15.4. The van der Waals surface area contributed by atoms with Crippen LogP contribution in [0.1, 0.15) is 18.4 Å². The van der Waals surface area contributed by atoms with Crippen LogP contribution < -0.4 is 11.1 Å². The fourth-order valence-corrected chi connectivity index (χ4v) is 3.13. The van der Waals surface area contributed by atoms with E-state index in [4.69, 9.17) is 5.73 Å². The number of nitrogens with zero attached hydrogens (tertiary/aromatic N) is 3. The third kappa shape index (κ3) is 3.20. The molecule has 5 nitrogen and oxygen atoms in total. The standard InChI is InChI=1S/C17H23N5/c1-22-9-7-17(8-10-22,14-5-3-2-4-6-14)12-19-16-11-15(18)20-13-21-16/h2-6,11,13H,7-10,12H2,1H3,(H3,18,19,20,21). The van der Waals surface area contributed by atoms with Gasteiger partial charge in [-0.05, 0) is 38.5 Å². The Morgan fingerprint density at radius 1 is 1.18 bits per heavy atom. The molecule has 0 atom stereocenters. The fourth-order valence-electron chi connectivity index (χ4n) is 3.13. The topological polar surface area (TPSA) is 67.1 Å². The first-order chi connectivity index (χ1) is 10.7.